The number of alkyl halides is 2. The van der Waals surface area contributed by atoms with E-state index in [1.807, 2.05) is 18.2 Å². The van der Waals surface area contributed by atoms with Crippen molar-refractivity contribution in [2.75, 3.05) is 31.1 Å². The number of carbonyl (C=O) groups is 1. The predicted octanol–water partition coefficient (Wildman–Crippen LogP) is 2.51. The summed E-state index contributed by atoms with van der Waals surface area (Å²) in [5.74, 6) is 0.579. The van der Waals surface area contributed by atoms with Crippen LogP contribution in [-0.2, 0) is 4.79 Å². The smallest absolute Gasteiger partial charge is 0.387 e. The lowest BCUT2D eigenvalue weighted by Crippen LogP contribution is -2.48. The molecule has 0 spiro atoms. The minimum absolute atomic E-state index is 0.0416. The maximum atomic E-state index is 13.0. The Kier molecular flexibility index (Phi) is 6.52. The zero-order valence-corrected chi connectivity index (χ0v) is 19.9. The average Bonchev–Trinajstić information content (AvgIpc) is 3.39. The summed E-state index contributed by atoms with van der Waals surface area (Å²) in [6.45, 7) is 1.45. The second-order valence-corrected chi connectivity index (χ2v) is 11.3. The monoisotopic (exact) mass is 504 g/mol. The Balaban J connectivity index is 1.53. The molecule has 10 nitrogen and oxygen atoms in total. The summed E-state index contributed by atoms with van der Waals surface area (Å²) in [6, 6.07) is 10.3. The maximum Gasteiger partial charge on any atom is 0.387 e. The number of amides is 1. The lowest BCUT2D eigenvalue weighted by Gasteiger charge is -2.50. The predicted molar refractivity (Wildman–Crippen MR) is 130 cm³/mol. The van der Waals surface area contributed by atoms with Crippen molar-refractivity contribution in [2.24, 2.45) is 10.1 Å². The number of hydrogen-bond donors (Lipinski definition) is 2. The van der Waals surface area contributed by atoms with E-state index in [-0.39, 0.29) is 17.7 Å². The molecule has 3 aliphatic rings. The molecular weight excluding hydrogens is 478 g/mol. The number of rotatable bonds is 6. The molecule has 2 fully saturated rings. The summed E-state index contributed by atoms with van der Waals surface area (Å²) in [7, 11) is -2.27. The molecule has 5 rings (SSSR count). The second kappa shape index (κ2) is 9.74. The molecule has 2 N–H and O–H groups in total. The molecule has 0 radical (unpaired) electrons. The summed E-state index contributed by atoms with van der Waals surface area (Å²) in [6.07, 6.45) is 3.42. The molecule has 35 heavy (non-hydrogen) atoms. The summed E-state index contributed by atoms with van der Waals surface area (Å²) in [4.78, 5) is 20.0. The molecule has 0 bridgehead atoms. The van der Waals surface area contributed by atoms with Crippen LogP contribution in [0.5, 0.6) is 5.75 Å². The molecule has 1 aromatic heterocycles. The number of amidine groups is 2. The van der Waals surface area contributed by atoms with Gasteiger partial charge in [0.05, 0.1) is 6.04 Å². The molecule has 3 aliphatic heterocycles. The van der Waals surface area contributed by atoms with Crippen LogP contribution in [0.25, 0.3) is 0 Å². The highest BCUT2D eigenvalue weighted by Crippen LogP contribution is 2.64. The van der Waals surface area contributed by atoms with Crippen molar-refractivity contribution in [3.63, 3.8) is 0 Å². The van der Waals surface area contributed by atoms with Crippen LogP contribution in [0.3, 0.4) is 0 Å². The average molecular weight is 505 g/mol. The Labute approximate surface area is 202 Å². The van der Waals surface area contributed by atoms with Gasteiger partial charge >= 0.3 is 6.61 Å². The number of ether oxygens (including phenoxy) is 1. The van der Waals surface area contributed by atoms with Gasteiger partial charge in [0.25, 0.3) is 0 Å². The van der Waals surface area contributed by atoms with Crippen LogP contribution in [0.15, 0.2) is 57.6 Å². The van der Waals surface area contributed by atoms with Gasteiger partial charge in [-0.1, -0.05) is 6.07 Å². The van der Waals surface area contributed by atoms with Gasteiger partial charge in [-0.15, -0.1) is 10.2 Å². The summed E-state index contributed by atoms with van der Waals surface area (Å²) >= 11 is 0. The zero-order chi connectivity index (χ0) is 24.4. The first-order chi connectivity index (χ1) is 17.0. The van der Waals surface area contributed by atoms with Gasteiger partial charge in [-0.2, -0.15) is 13.9 Å². The number of nitrogens with one attached hydrogen (secondary N) is 2. The quantitative estimate of drug-likeness (QED) is 0.623. The van der Waals surface area contributed by atoms with Crippen LogP contribution in [0, 0.1) is 0 Å². The van der Waals surface area contributed by atoms with Crippen LogP contribution in [0.1, 0.15) is 19.8 Å². The molecule has 1 aromatic carbocycles. The van der Waals surface area contributed by atoms with Crippen LogP contribution in [0.4, 0.5) is 14.6 Å². The molecule has 2 saturated heterocycles. The van der Waals surface area contributed by atoms with Gasteiger partial charge in [0.1, 0.15) is 5.75 Å². The van der Waals surface area contributed by atoms with E-state index in [2.05, 4.69) is 35.2 Å². The SMILES string of the molecule is CC(=O)NC1=NNC(=N[C@@H]2CCN(c3cccnn3)C2)S1(c1cccc(OC(F)F)c1)N1CCC1. The van der Waals surface area contributed by atoms with E-state index in [4.69, 9.17) is 9.73 Å². The van der Waals surface area contributed by atoms with E-state index in [1.165, 1.54) is 13.0 Å². The number of nitrogens with zero attached hydrogens (tertiary/aromatic N) is 6. The third-order valence-corrected chi connectivity index (χ3v) is 9.60. The molecule has 2 atom stereocenters. The lowest BCUT2D eigenvalue weighted by atomic mass is 10.3. The van der Waals surface area contributed by atoms with Crippen LogP contribution < -0.4 is 20.4 Å². The van der Waals surface area contributed by atoms with E-state index >= 15 is 0 Å². The summed E-state index contributed by atoms with van der Waals surface area (Å²) in [5, 5.41) is 16.6. The topological polar surface area (TPSA) is 107 Å². The Morgan fingerprint density at radius 2 is 2.14 bits per heavy atom. The van der Waals surface area contributed by atoms with E-state index in [1.54, 1.807) is 18.3 Å². The fourth-order valence-corrected chi connectivity index (χ4v) is 8.11. The van der Waals surface area contributed by atoms with Crippen molar-refractivity contribution in [3.8, 4) is 5.75 Å². The molecular formula is C22H26F2N8O2S. The molecule has 1 amide bonds. The highest BCUT2D eigenvalue weighted by molar-refractivity contribution is 8.54. The van der Waals surface area contributed by atoms with Gasteiger partial charge in [0.15, 0.2) is 16.2 Å². The number of aliphatic imine (C=N–C) groups is 1. The fourth-order valence-electron chi connectivity index (χ4n) is 4.38. The summed E-state index contributed by atoms with van der Waals surface area (Å²) in [5.41, 5.74) is 3.08. The second-order valence-electron chi connectivity index (χ2n) is 8.33. The number of carbonyl (C=O) groups excluding carboxylic acids is 1. The molecule has 0 saturated carbocycles. The Bertz CT molecular complexity index is 1150. The molecule has 2 aromatic rings. The van der Waals surface area contributed by atoms with Crippen molar-refractivity contribution in [3.05, 3.63) is 42.6 Å². The largest absolute Gasteiger partial charge is 0.435 e. The molecule has 0 aliphatic carbocycles. The standard InChI is InChI=1S/C22H26F2N8O2S/c1-15(33)26-21-29-30-22(27-16-8-12-31(14-16)19-7-3-9-25-28-19)35(21,32-10-4-11-32)18-6-2-5-17(13-18)34-20(23)24/h2-3,5-7,9,13,16,20H,4,8,10-12,14H2,1H3,(H,27,30)(H,26,29,33)/t16-/m1/s1. The van der Waals surface area contributed by atoms with E-state index < -0.39 is 16.8 Å². The van der Waals surface area contributed by atoms with Crippen molar-refractivity contribution >= 4 is 32.3 Å². The molecule has 13 heteroatoms. The maximum absolute atomic E-state index is 13.0. The Morgan fingerprint density at radius 3 is 2.83 bits per heavy atom. The van der Waals surface area contributed by atoms with Gasteiger partial charge in [-0.3, -0.25) is 19.5 Å². The van der Waals surface area contributed by atoms with Gasteiger partial charge < -0.3 is 15.0 Å². The van der Waals surface area contributed by atoms with Crippen molar-refractivity contribution in [1.82, 2.24) is 25.2 Å². The van der Waals surface area contributed by atoms with E-state index in [0.717, 1.165) is 43.2 Å². The van der Waals surface area contributed by atoms with Crippen molar-refractivity contribution < 1.29 is 18.3 Å². The number of hydrogen-bond acceptors (Lipinski definition) is 8. The van der Waals surface area contributed by atoms with Crippen LogP contribution in [-0.4, -0.2) is 69.6 Å². The molecule has 186 valence electrons. The van der Waals surface area contributed by atoms with Gasteiger partial charge in [0, 0.05) is 44.2 Å². The Hall–Kier alpha value is -3.32. The molecule has 1 unspecified atom stereocenters. The first-order valence-corrected chi connectivity index (χ1v) is 12.9. The van der Waals surface area contributed by atoms with Crippen molar-refractivity contribution in [1.29, 1.82) is 0 Å². The number of hydrazone groups is 1. The van der Waals surface area contributed by atoms with Gasteiger partial charge in [-0.05, 0) is 53.4 Å². The normalized spacial score (nSPS) is 27.2. The minimum atomic E-state index is -2.94. The van der Waals surface area contributed by atoms with Crippen LogP contribution >= 0.6 is 10.2 Å². The van der Waals surface area contributed by atoms with Crippen LogP contribution in [0.2, 0.25) is 0 Å². The van der Waals surface area contributed by atoms with E-state index in [0.29, 0.717) is 16.9 Å². The third kappa shape index (κ3) is 4.52. The number of aromatic nitrogens is 2. The summed E-state index contributed by atoms with van der Waals surface area (Å²) < 4.78 is 32.9. The Morgan fingerprint density at radius 1 is 1.29 bits per heavy atom. The first-order valence-electron chi connectivity index (χ1n) is 11.3. The fraction of sp³-hybridized carbons (Fsp3) is 0.409. The lowest BCUT2D eigenvalue weighted by molar-refractivity contribution is -0.117. The van der Waals surface area contributed by atoms with E-state index in [9.17, 15) is 13.6 Å². The van der Waals surface area contributed by atoms with Gasteiger partial charge in [-0.25, -0.2) is 0 Å². The highest BCUT2D eigenvalue weighted by Gasteiger charge is 2.50. The third-order valence-electron chi connectivity index (χ3n) is 6.02. The zero-order valence-electron chi connectivity index (χ0n) is 19.1. The number of anilines is 1. The van der Waals surface area contributed by atoms with Gasteiger partial charge in [0.2, 0.25) is 5.91 Å². The highest BCUT2D eigenvalue weighted by atomic mass is 32.3. The molecule has 4 heterocycles. The number of halogens is 2. The minimum Gasteiger partial charge on any atom is -0.435 e. The first kappa shape index (κ1) is 23.4. The number of benzene rings is 1. The van der Waals surface area contributed by atoms with Crippen molar-refractivity contribution in [2.45, 2.75) is 37.3 Å².